The maximum atomic E-state index is 13.4. The largest absolute Gasteiger partial charge is 0.405 e. The molecule has 126 valence electrons. The maximum absolute atomic E-state index is 13.4. The van der Waals surface area contributed by atoms with E-state index in [1.54, 1.807) is 0 Å². The van der Waals surface area contributed by atoms with Crippen LogP contribution >= 0.6 is 0 Å². The van der Waals surface area contributed by atoms with Gasteiger partial charge in [0.1, 0.15) is 12.4 Å². The minimum absolute atomic E-state index is 0.173. The second-order valence-corrected chi connectivity index (χ2v) is 6.39. The van der Waals surface area contributed by atoms with Crippen molar-refractivity contribution >= 4 is 21.4 Å². The third-order valence-corrected chi connectivity index (χ3v) is 3.98. The monoisotopic (exact) mass is 344 g/mol. The zero-order valence-corrected chi connectivity index (χ0v) is 12.7. The van der Waals surface area contributed by atoms with Crippen molar-refractivity contribution in [2.75, 3.05) is 29.4 Å². The molecule has 0 heterocycles. The Labute approximate surface area is 125 Å². The summed E-state index contributed by atoms with van der Waals surface area (Å²) in [6, 6.07) is 2.78. The number of benzene rings is 1. The van der Waals surface area contributed by atoms with Crippen molar-refractivity contribution in [3.05, 3.63) is 24.0 Å². The highest BCUT2D eigenvalue weighted by molar-refractivity contribution is 7.92. The van der Waals surface area contributed by atoms with Crippen LogP contribution in [0.5, 0.6) is 0 Å². The van der Waals surface area contributed by atoms with Crippen molar-refractivity contribution in [1.29, 1.82) is 0 Å². The molecule has 0 aromatic heterocycles. The van der Waals surface area contributed by atoms with Gasteiger partial charge in [0, 0.05) is 12.8 Å². The molecule has 0 aliphatic carbocycles. The number of nitrogens with one attached hydrogen (secondary N) is 2. The van der Waals surface area contributed by atoms with Crippen LogP contribution < -0.4 is 10.0 Å². The predicted octanol–water partition coefficient (Wildman–Crippen LogP) is 2.58. The van der Waals surface area contributed by atoms with E-state index in [9.17, 15) is 26.0 Å². The summed E-state index contributed by atoms with van der Waals surface area (Å²) >= 11 is 0. The molecular weight excluding hydrogens is 328 g/mol. The lowest BCUT2D eigenvalue weighted by Gasteiger charge is -2.14. The number of sulfonamides is 1. The van der Waals surface area contributed by atoms with Crippen LogP contribution in [-0.2, 0) is 14.8 Å². The van der Waals surface area contributed by atoms with Gasteiger partial charge in [-0.2, -0.15) is 13.2 Å². The molecule has 5 nitrogen and oxygen atoms in total. The number of methoxy groups -OCH3 is 1. The molecule has 0 unspecified atom stereocenters. The maximum Gasteiger partial charge on any atom is 0.405 e. The van der Waals surface area contributed by atoms with Gasteiger partial charge in [0.15, 0.2) is 0 Å². The topological polar surface area (TPSA) is 67.4 Å². The standard InChI is InChI=1S/C12H16F4N2O3S/c1-8(21-2)6-22(19,20)18-11-4-9(13)3-10(5-11)17-7-12(14,15)16/h3-5,8,17-18H,6-7H2,1-2H3/t8-/m1/s1. The van der Waals surface area contributed by atoms with E-state index in [-0.39, 0.29) is 17.1 Å². The van der Waals surface area contributed by atoms with Gasteiger partial charge in [-0.3, -0.25) is 4.72 Å². The molecule has 1 atom stereocenters. The Kier molecular flexibility index (Phi) is 6.00. The molecule has 2 N–H and O–H groups in total. The number of hydrogen-bond acceptors (Lipinski definition) is 4. The van der Waals surface area contributed by atoms with E-state index in [2.05, 4.69) is 4.72 Å². The summed E-state index contributed by atoms with van der Waals surface area (Å²) in [6.07, 6.45) is -5.06. The van der Waals surface area contributed by atoms with Gasteiger partial charge in [-0.05, 0) is 25.1 Å². The number of halogens is 4. The first-order valence-electron chi connectivity index (χ1n) is 6.15. The van der Waals surface area contributed by atoms with Gasteiger partial charge in [-0.1, -0.05) is 0 Å². The van der Waals surface area contributed by atoms with Gasteiger partial charge in [0.2, 0.25) is 10.0 Å². The third kappa shape index (κ3) is 6.94. The van der Waals surface area contributed by atoms with E-state index in [1.807, 2.05) is 5.32 Å². The van der Waals surface area contributed by atoms with Gasteiger partial charge in [-0.25, -0.2) is 12.8 Å². The number of hydrogen-bond donors (Lipinski definition) is 2. The van der Waals surface area contributed by atoms with Crippen LogP contribution in [0.3, 0.4) is 0 Å². The van der Waals surface area contributed by atoms with Gasteiger partial charge in [0.05, 0.1) is 17.5 Å². The van der Waals surface area contributed by atoms with Crippen molar-refractivity contribution in [1.82, 2.24) is 0 Å². The van der Waals surface area contributed by atoms with Crippen LogP contribution in [0.4, 0.5) is 28.9 Å². The van der Waals surface area contributed by atoms with Crippen LogP contribution in [0, 0.1) is 5.82 Å². The minimum Gasteiger partial charge on any atom is -0.381 e. The lowest BCUT2D eigenvalue weighted by Crippen LogP contribution is -2.25. The lowest BCUT2D eigenvalue weighted by atomic mass is 10.2. The number of ether oxygens (including phenoxy) is 1. The molecule has 0 saturated carbocycles. The summed E-state index contributed by atoms with van der Waals surface area (Å²) in [5, 5.41) is 1.98. The Hall–Kier alpha value is -1.55. The molecule has 0 fully saturated rings. The molecule has 0 aliphatic rings. The number of anilines is 2. The molecule has 1 aromatic rings. The molecule has 0 bridgehead atoms. The summed E-state index contributed by atoms with van der Waals surface area (Å²) < 4.78 is 80.2. The molecular formula is C12H16F4N2O3S. The number of alkyl halides is 3. The molecule has 0 amide bonds. The molecule has 22 heavy (non-hydrogen) atoms. The van der Waals surface area contributed by atoms with Crippen molar-refractivity contribution in [2.45, 2.75) is 19.2 Å². The Morgan fingerprint density at radius 1 is 1.23 bits per heavy atom. The second-order valence-electron chi connectivity index (χ2n) is 4.63. The van der Waals surface area contributed by atoms with Crippen molar-refractivity contribution < 1.29 is 30.7 Å². The van der Waals surface area contributed by atoms with Crippen molar-refractivity contribution in [3.63, 3.8) is 0 Å². The van der Waals surface area contributed by atoms with Crippen LogP contribution in [0.25, 0.3) is 0 Å². The van der Waals surface area contributed by atoms with E-state index in [4.69, 9.17) is 4.74 Å². The highest BCUT2D eigenvalue weighted by atomic mass is 32.2. The average Bonchev–Trinajstić information content (AvgIpc) is 2.33. The average molecular weight is 344 g/mol. The molecule has 0 aliphatic heterocycles. The van der Waals surface area contributed by atoms with Crippen molar-refractivity contribution in [2.24, 2.45) is 0 Å². The summed E-state index contributed by atoms with van der Waals surface area (Å²) in [6.45, 7) is 0.171. The fraction of sp³-hybridized carbons (Fsp3) is 0.500. The first kappa shape index (κ1) is 18.5. The molecule has 1 aromatic carbocycles. The SMILES string of the molecule is CO[C@H](C)CS(=O)(=O)Nc1cc(F)cc(NCC(F)(F)F)c1. The summed E-state index contributed by atoms with van der Waals surface area (Å²) in [7, 11) is -2.48. The minimum atomic E-state index is -4.47. The Bertz CT molecular complexity index is 605. The second kappa shape index (κ2) is 7.14. The fourth-order valence-corrected chi connectivity index (χ4v) is 2.87. The normalized spacial score (nSPS) is 13.7. The predicted molar refractivity (Wildman–Crippen MR) is 74.8 cm³/mol. The Morgan fingerprint density at radius 2 is 1.82 bits per heavy atom. The summed E-state index contributed by atoms with van der Waals surface area (Å²) in [4.78, 5) is 0. The van der Waals surface area contributed by atoms with Gasteiger partial charge in [-0.15, -0.1) is 0 Å². The Balaban J connectivity index is 2.85. The quantitative estimate of drug-likeness (QED) is 0.746. The zero-order chi connectivity index (χ0) is 17.0. The van der Waals surface area contributed by atoms with Gasteiger partial charge >= 0.3 is 6.18 Å². The lowest BCUT2D eigenvalue weighted by molar-refractivity contribution is -0.115. The summed E-state index contributed by atoms with van der Waals surface area (Å²) in [5.41, 5.74) is -0.359. The van der Waals surface area contributed by atoms with Crippen LogP contribution in [-0.4, -0.2) is 40.1 Å². The third-order valence-electron chi connectivity index (χ3n) is 2.52. The number of rotatable bonds is 7. The molecule has 10 heteroatoms. The Morgan fingerprint density at radius 3 is 2.36 bits per heavy atom. The molecule has 0 radical (unpaired) electrons. The highest BCUT2D eigenvalue weighted by Gasteiger charge is 2.26. The van der Waals surface area contributed by atoms with Gasteiger partial charge < -0.3 is 10.1 Å². The smallest absolute Gasteiger partial charge is 0.381 e. The first-order valence-corrected chi connectivity index (χ1v) is 7.80. The van der Waals surface area contributed by atoms with E-state index < -0.39 is 34.7 Å². The highest BCUT2D eigenvalue weighted by Crippen LogP contribution is 2.22. The van der Waals surface area contributed by atoms with Crippen LogP contribution in [0.1, 0.15) is 6.92 Å². The van der Waals surface area contributed by atoms with E-state index in [1.165, 1.54) is 14.0 Å². The zero-order valence-electron chi connectivity index (χ0n) is 11.9. The van der Waals surface area contributed by atoms with Crippen LogP contribution in [0.2, 0.25) is 0 Å². The van der Waals surface area contributed by atoms with E-state index in [0.717, 1.165) is 18.2 Å². The van der Waals surface area contributed by atoms with Crippen LogP contribution in [0.15, 0.2) is 18.2 Å². The summed E-state index contributed by atoms with van der Waals surface area (Å²) in [5.74, 6) is -1.24. The van der Waals surface area contributed by atoms with Gasteiger partial charge in [0.25, 0.3) is 0 Å². The van der Waals surface area contributed by atoms with E-state index in [0.29, 0.717) is 0 Å². The molecule has 0 spiro atoms. The van der Waals surface area contributed by atoms with E-state index >= 15 is 0 Å². The fourth-order valence-electron chi connectivity index (χ4n) is 1.55. The molecule has 1 rings (SSSR count). The first-order chi connectivity index (χ1) is 10.0. The molecule has 0 saturated heterocycles. The van der Waals surface area contributed by atoms with Crippen molar-refractivity contribution in [3.8, 4) is 0 Å².